The van der Waals surface area contributed by atoms with E-state index in [0.29, 0.717) is 0 Å². The molecule has 0 heterocycles. The largest absolute Gasteiger partial charge is 0.457 e. The highest BCUT2D eigenvalue weighted by Gasteiger charge is 2.15. The van der Waals surface area contributed by atoms with Gasteiger partial charge in [0.1, 0.15) is 18.5 Å². The lowest BCUT2D eigenvalue weighted by atomic mass is 10.1. The number of ether oxygens (including phenoxy) is 3. The zero-order chi connectivity index (χ0) is 15.0. The minimum atomic E-state index is -0.503. The van der Waals surface area contributed by atoms with Crippen LogP contribution < -0.4 is 0 Å². The fourth-order valence-corrected chi connectivity index (χ4v) is 1.55. The van der Waals surface area contributed by atoms with Crippen LogP contribution >= 0.6 is 0 Å². The molecule has 0 spiro atoms. The van der Waals surface area contributed by atoms with Crippen molar-refractivity contribution in [1.82, 2.24) is 0 Å². The van der Waals surface area contributed by atoms with Gasteiger partial charge in [-0.2, -0.15) is 0 Å². The number of hydrogen-bond donors (Lipinski definition) is 0. The maximum Gasteiger partial charge on any atom is 0.331 e. The highest BCUT2D eigenvalue weighted by molar-refractivity contribution is 5.82. The number of esters is 1. The predicted molar refractivity (Wildman–Crippen MR) is 77.1 cm³/mol. The molecular weight excluding hydrogens is 256 g/mol. The predicted octanol–water partition coefficient (Wildman–Crippen LogP) is 3.25. The number of carbonyl (C=O) groups is 1. The summed E-state index contributed by atoms with van der Waals surface area (Å²) in [5.41, 5.74) is 0.446. The van der Waals surface area contributed by atoms with Gasteiger partial charge in [-0.05, 0) is 32.4 Å². The smallest absolute Gasteiger partial charge is 0.331 e. The van der Waals surface area contributed by atoms with Crippen molar-refractivity contribution < 1.29 is 19.0 Å². The molecule has 0 bridgehead atoms. The van der Waals surface area contributed by atoms with Crippen molar-refractivity contribution in [3.8, 4) is 0 Å². The summed E-state index contributed by atoms with van der Waals surface area (Å²) in [6.45, 7) is 5.64. The van der Waals surface area contributed by atoms with Gasteiger partial charge in [0, 0.05) is 13.2 Å². The molecule has 1 atom stereocenters. The van der Waals surface area contributed by atoms with Gasteiger partial charge in [-0.3, -0.25) is 0 Å². The molecule has 0 aliphatic rings. The van der Waals surface area contributed by atoms with Crippen LogP contribution in [0.4, 0.5) is 0 Å². The zero-order valence-electron chi connectivity index (χ0n) is 12.5. The van der Waals surface area contributed by atoms with Gasteiger partial charge in [0.25, 0.3) is 0 Å². The van der Waals surface area contributed by atoms with Gasteiger partial charge in [0.2, 0.25) is 0 Å². The molecule has 20 heavy (non-hydrogen) atoms. The fraction of sp³-hybridized carbons (Fsp3) is 0.438. The Bertz CT molecular complexity index is 432. The summed E-state index contributed by atoms with van der Waals surface area (Å²) in [5.74, 6) is -0.389. The molecular formula is C16H22O4. The van der Waals surface area contributed by atoms with Crippen LogP contribution in [0.2, 0.25) is 0 Å². The van der Waals surface area contributed by atoms with E-state index < -0.39 is 5.60 Å². The second-order valence-electron chi connectivity index (χ2n) is 5.30. The molecule has 1 aromatic rings. The van der Waals surface area contributed by atoms with E-state index in [2.05, 4.69) is 0 Å². The van der Waals surface area contributed by atoms with Crippen LogP contribution in [-0.4, -0.2) is 25.5 Å². The van der Waals surface area contributed by atoms with Crippen LogP contribution in [0.3, 0.4) is 0 Å². The average molecular weight is 278 g/mol. The average Bonchev–Trinajstić information content (AvgIpc) is 2.38. The number of rotatable bonds is 6. The van der Waals surface area contributed by atoms with Crippen LogP contribution in [-0.2, 0) is 19.0 Å². The Morgan fingerprint density at radius 3 is 2.45 bits per heavy atom. The van der Waals surface area contributed by atoms with Crippen molar-refractivity contribution in [3.63, 3.8) is 0 Å². The molecule has 0 saturated heterocycles. The van der Waals surface area contributed by atoms with E-state index >= 15 is 0 Å². The van der Waals surface area contributed by atoms with Crippen LogP contribution in [0.5, 0.6) is 0 Å². The lowest BCUT2D eigenvalue weighted by Gasteiger charge is -2.18. The van der Waals surface area contributed by atoms with E-state index in [0.717, 1.165) is 5.56 Å². The van der Waals surface area contributed by atoms with Crippen LogP contribution in [0.25, 0.3) is 0 Å². The van der Waals surface area contributed by atoms with E-state index in [1.165, 1.54) is 6.08 Å². The van der Waals surface area contributed by atoms with Crippen LogP contribution in [0.1, 0.15) is 32.4 Å². The topological polar surface area (TPSA) is 44.8 Å². The minimum Gasteiger partial charge on any atom is -0.457 e. The second kappa shape index (κ2) is 7.82. The SMILES string of the molecule is COCO[C@H](/C=C/C(=O)OC(C)(C)C)c1ccccc1. The number of carbonyl (C=O) groups excluding carboxylic acids is 1. The lowest BCUT2D eigenvalue weighted by molar-refractivity contribution is -0.148. The van der Waals surface area contributed by atoms with Crippen molar-refractivity contribution in [2.75, 3.05) is 13.9 Å². The monoisotopic (exact) mass is 278 g/mol. The molecule has 0 N–H and O–H groups in total. The third-order valence-electron chi connectivity index (χ3n) is 2.31. The summed E-state index contributed by atoms with van der Waals surface area (Å²) in [6.07, 6.45) is 2.71. The highest BCUT2D eigenvalue weighted by atomic mass is 16.7. The molecule has 0 unspecified atom stereocenters. The zero-order valence-corrected chi connectivity index (χ0v) is 12.5. The van der Waals surface area contributed by atoms with E-state index in [-0.39, 0.29) is 18.9 Å². The van der Waals surface area contributed by atoms with E-state index in [4.69, 9.17) is 14.2 Å². The van der Waals surface area contributed by atoms with E-state index in [1.54, 1.807) is 13.2 Å². The number of methoxy groups -OCH3 is 1. The van der Waals surface area contributed by atoms with E-state index in [9.17, 15) is 4.79 Å². The molecule has 0 radical (unpaired) electrons. The number of hydrogen-bond acceptors (Lipinski definition) is 4. The maximum atomic E-state index is 11.7. The molecule has 0 aromatic heterocycles. The molecule has 4 heteroatoms. The minimum absolute atomic E-state index is 0.151. The molecule has 0 amide bonds. The molecule has 0 aliphatic carbocycles. The summed E-state index contributed by atoms with van der Waals surface area (Å²) in [4.78, 5) is 11.7. The first-order valence-corrected chi connectivity index (χ1v) is 6.49. The Kier molecular flexibility index (Phi) is 6.42. The second-order valence-corrected chi connectivity index (χ2v) is 5.30. The summed E-state index contributed by atoms with van der Waals surface area (Å²) in [6, 6.07) is 9.62. The summed E-state index contributed by atoms with van der Waals surface area (Å²) < 4.78 is 15.7. The highest BCUT2D eigenvalue weighted by Crippen LogP contribution is 2.19. The number of benzene rings is 1. The molecule has 0 aliphatic heterocycles. The Balaban J connectivity index is 2.72. The van der Waals surface area contributed by atoms with Gasteiger partial charge in [0.15, 0.2) is 0 Å². The molecule has 0 fully saturated rings. The molecule has 1 aromatic carbocycles. The Morgan fingerprint density at radius 1 is 1.25 bits per heavy atom. The summed E-state index contributed by atoms with van der Waals surface area (Å²) in [7, 11) is 1.56. The summed E-state index contributed by atoms with van der Waals surface area (Å²) in [5, 5.41) is 0. The van der Waals surface area contributed by atoms with Gasteiger partial charge < -0.3 is 14.2 Å². The van der Waals surface area contributed by atoms with Gasteiger partial charge in [-0.15, -0.1) is 0 Å². The fourth-order valence-electron chi connectivity index (χ4n) is 1.55. The third-order valence-corrected chi connectivity index (χ3v) is 2.31. The Hall–Kier alpha value is -1.65. The van der Waals surface area contributed by atoms with Crippen molar-refractivity contribution >= 4 is 5.97 Å². The molecule has 4 nitrogen and oxygen atoms in total. The Labute approximate surface area is 120 Å². The van der Waals surface area contributed by atoms with Gasteiger partial charge >= 0.3 is 5.97 Å². The first kappa shape index (κ1) is 16.4. The standard InChI is InChI=1S/C16H22O4/c1-16(2,3)20-15(17)11-10-14(19-12-18-4)13-8-6-5-7-9-13/h5-11,14H,12H2,1-4H3/b11-10+/t14-/m1/s1. The molecule has 0 saturated carbocycles. The Morgan fingerprint density at radius 2 is 1.90 bits per heavy atom. The van der Waals surface area contributed by atoms with Crippen molar-refractivity contribution in [2.45, 2.75) is 32.5 Å². The van der Waals surface area contributed by atoms with Crippen LogP contribution in [0.15, 0.2) is 42.5 Å². The van der Waals surface area contributed by atoms with Gasteiger partial charge in [-0.1, -0.05) is 30.3 Å². The maximum absolute atomic E-state index is 11.7. The third kappa shape index (κ3) is 6.50. The van der Waals surface area contributed by atoms with Gasteiger partial charge in [0.05, 0.1) is 0 Å². The normalized spacial score (nSPS) is 13.4. The van der Waals surface area contributed by atoms with Gasteiger partial charge in [-0.25, -0.2) is 4.79 Å². The van der Waals surface area contributed by atoms with Crippen molar-refractivity contribution in [3.05, 3.63) is 48.0 Å². The molecule has 110 valence electrons. The van der Waals surface area contributed by atoms with E-state index in [1.807, 2.05) is 51.1 Å². The van der Waals surface area contributed by atoms with Crippen molar-refractivity contribution in [1.29, 1.82) is 0 Å². The van der Waals surface area contributed by atoms with Crippen molar-refractivity contribution in [2.24, 2.45) is 0 Å². The summed E-state index contributed by atoms with van der Waals surface area (Å²) >= 11 is 0. The molecule has 1 rings (SSSR count). The lowest BCUT2D eigenvalue weighted by Crippen LogP contribution is -2.22. The first-order chi connectivity index (χ1) is 9.42. The first-order valence-electron chi connectivity index (χ1n) is 6.49. The quantitative estimate of drug-likeness (QED) is 0.455. The van der Waals surface area contributed by atoms with Crippen LogP contribution in [0, 0.1) is 0 Å².